The summed E-state index contributed by atoms with van der Waals surface area (Å²) < 4.78 is 50.9. The summed E-state index contributed by atoms with van der Waals surface area (Å²) in [6.07, 6.45) is 2.03. The monoisotopic (exact) mass is 531 g/mol. The van der Waals surface area contributed by atoms with Crippen LogP contribution in [0.25, 0.3) is 0 Å². The van der Waals surface area contributed by atoms with Crippen molar-refractivity contribution in [2.24, 2.45) is 10.7 Å². The number of nitrogens with one attached hydrogen (secondary N) is 2. The molecule has 2 amide bonds. The lowest BCUT2D eigenvalue weighted by atomic mass is 10.1. The predicted molar refractivity (Wildman–Crippen MR) is 132 cm³/mol. The number of sulfonamides is 1. The SMILES string of the molecule is CC(N)=NCCCC(C=O)NC(=O)CN(C)C(=O)C(CCS(C)(=O)=O)NS(=O)(=O)c1ccccc1. The van der Waals surface area contributed by atoms with Gasteiger partial charge >= 0.3 is 0 Å². The van der Waals surface area contributed by atoms with Crippen molar-refractivity contribution < 1.29 is 31.2 Å². The summed E-state index contributed by atoms with van der Waals surface area (Å²) in [5.74, 6) is -1.47. The fourth-order valence-electron chi connectivity index (χ4n) is 2.97. The Bertz CT molecular complexity index is 1100. The molecule has 0 aliphatic heterocycles. The molecule has 2 atom stereocenters. The molecule has 4 N–H and O–H groups in total. The molecule has 0 radical (unpaired) electrons. The number of sulfone groups is 1. The van der Waals surface area contributed by atoms with Gasteiger partial charge in [0.25, 0.3) is 0 Å². The number of amidine groups is 1. The van der Waals surface area contributed by atoms with Gasteiger partial charge in [-0.3, -0.25) is 14.6 Å². The zero-order chi connectivity index (χ0) is 26.6. The molecule has 1 aromatic rings. The molecular formula is C21H33N5O7S2. The number of nitrogens with zero attached hydrogens (tertiary/aromatic N) is 2. The van der Waals surface area contributed by atoms with E-state index >= 15 is 0 Å². The molecule has 1 rings (SSSR count). The third kappa shape index (κ3) is 11.9. The molecule has 196 valence electrons. The Morgan fingerprint density at radius 1 is 1.14 bits per heavy atom. The van der Waals surface area contributed by atoms with E-state index in [1.807, 2.05) is 0 Å². The van der Waals surface area contributed by atoms with Crippen molar-refractivity contribution in [1.29, 1.82) is 0 Å². The first kappa shape index (κ1) is 30.2. The highest BCUT2D eigenvalue weighted by molar-refractivity contribution is 7.90. The van der Waals surface area contributed by atoms with Crippen molar-refractivity contribution in [3.05, 3.63) is 30.3 Å². The van der Waals surface area contributed by atoms with Crippen molar-refractivity contribution in [2.75, 3.05) is 32.1 Å². The quantitative estimate of drug-likeness (QED) is 0.112. The number of benzene rings is 1. The van der Waals surface area contributed by atoms with Crippen LogP contribution in [0.2, 0.25) is 0 Å². The molecule has 0 aliphatic rings. The minimum atomic E-state index is -4.13. The van der Waals surface area contributed by atoms with Gasteiger partial charge in [0.2, 0.25) is 21.8 Å². The summed E-state index contributed by atoms with van der Waals surface area (Å²) in [4.78, 5) is 41.5. The zero-order valence-corrected chi connectivity index (χ0v) is 21.6. The number of carbonyl (C=O) groups is 3. The first-order valence-corrected chi connectivity index (χ1v) is 14.3. The molecule has 35 heavy (non-hydrogen) atoms. The molecule has 0 spiro atoms. The van der Waals surface area contributed by atoms with E-state index in [0.29, 0.717) is 31.5 Å². The molecule has 0 aromatic heterocycles. The molecule has 12 nitrogen and oxygen atoms in total. The maximum atomic E-state index is 13.0. The van der Waals surface area contributed by atoms with Gasteiger partial charge in [0.15, 0.2) is 0 Å². The zero-order valence-electron chi connectivity index (χ0n) is 20.0. The second-order valence-corrected chi connectivity index (χ2v) is 12.0. The van der Waals surface area contributed by atoms with E-state index in [2.05, 4.69) is 15.0 Å². The molecule has 0 aliphatic carbocycles. The number of carbonyl (C=O) groups excluding carboxylic acids is 3. The molecule has 1 aromatic carbocycles. The topological polar surface area (TPSA) is 185 Å². The van der Waals surface area contributed by atoms with Crippen LogP contribution in [0.4, 0.5) is 0 Å². The van der Waals surface area contributed by atoms with Crippen molar-refractivity contribution in [3.63, 3.8) is 0 Å². The number of rotatable bonds is 15. The van der Waals surface area contributed by atoms with E-state index in [-0.39, 0.29) is 11.3 Å². The van der Waals surface area contributed by atoms with Crippen molar-refractivity contribution >= 4 is 43.8 Å². The Morgan fingerprint density at radius 3 is 2.31 bits per heavy atom. The Kier molecular flexibility index (Phi) is 12.0. The Labute approximate surface area is 206 Å². The van der Waals surface area contributed by atoms with Crippen LogP contribution in [-0.2, 0) is 34.2 Å². The lowest BCUT2D eigenvalue weighted by Gasteiger charge is -2.24. The number of nitrogens with two attached hydrogens (primary N) is 1. The van der Waals surface area contributed by atoms with Crippen LogP contribution in [0.15, 0.2) is 40.2 Å². The van der Waals surface area contributed by atoms with E-state index in [1.165, 1.54) is 31.3 Å². The summed E-state index contributed by atoms with van der Waals surface area (Å²) in [7, 11) is -6.35. The standard InChI is InChI=1S/C21H33N5O7S2/c1-16(22)23-12-7-8-17(15-27)24-20(28)14-26(2)21(29)19(11-13-34(3,30)31)25-35(32,33)18-9-5-4-6-10-18/h4-6,9-10,15,17,19,25H,7-8,11-14H2,1-3H3,(H2,22,23)(H,24,28). The normalized spacial score (nSPS) is 14.1. The molecule has 14 heteroatoms. The average molecular weight is 532 g/mol. The summed E-state index contributed by atoms with van der Waals surface area (Å²) in [5.41, 5.74) is 5.44. The van der Waals surface area contributed by atoms with Crippen molar-refractivity contribution in [1.82, 2.24) is 14.9 Å². The lowest BCUT2D eigenvalue weighted by Crippen LogP contribution is -2.51. The van der Waals surface area contributed by atoms with E-state index in [9.17, 15) is 31.2 Å². The van der Waals surface area contributed by atoms with Crippen LogP contribution in [0, 0.1) is 0 Å². The summed E-state index contributed by atoms with van der Waals surface area (Å²) >= 11 is 0. The van der Waals surface area contributed by atoms with Crippen molar-refractivity contribution in [3.8, 4) is 0 Å². The summed E-state index contributed by atoms with van der Waals surface area (Å²) in [6.45, 7) is 1.56. The number of amides is 2. The van der Waals surface area contributed by atoms with Gasteiger partial charge in [-0.1, -0.05) is 18.2 Å². The number of hydrogen-bond donors (Lipinski definition) is 3. The first-order valence-electron chi connectivity index (χ1n) is 10.8. The summed E-state index contributed by atoms with van der Waals surface area (Å²) in [6, 6.07) is 5.08. The van der Waals surface area contributed by atoms with Gasteiger partial charge in [-0.2, -0.15) is 4.72 Å². The van der Waals surface area contributed by atoms with Crippen LogP contribution in [-0.4, -0.2) is 89.9 Å². The minimum Gasteiger partial charge on any atom is -0.388 e. The highest BCUT2D eigenvalue weighted by atomic mass is 32.2. The summed E-state index contributed by atoms with van der Waals surface area (Å²) in [5, 5.41) is 2.49. The van der Waals surface area contributed by atoms with Gasteiger partial charge in [-0.05, 0) is 38.3 Å². The lowest BCUT2D eigenvalue weighted by molar-refractivity contribution is -0.136. The fourth-order valence-corrected chi connectivity index (χ4v) is 4.88. The molecule has 2 unspecified atom stereocenters. The number of hydrogen-bond acceptors (Lipinski definition) is 8. The second-order valence-electron chi connectivity index (χ2n) is 8.08. The van der Waals surface area contributed by atoms with Crippen LogP contribution in [0.5, 0.6) is 0 Å². The third-order valence-electron chi connectivity index (χ3n) is 4.73. The van der Waals surface area contributed by atoms with Crippen LogP contribution < -0.4 is 15.8 Å². The number of likely N-dealkylation sites (N-methyl/N-ethyl adjacent to an activating group) is 1. The number of aldehydes is 1. The van der Waals surface area contributed by atoms with Gasteiger partial charge in [-0.25, -0.2) is 16.8 Å². The van der Waals surface area contributed by atoms with Gasteiger partial charge in [-0.15, -0.1) is 0 Å². The van der Waals surface area contributed by atoms with Gasteiger partial charge in [0.1, 0.15) is 22.2 Å². The van der Waals surface area contributed by atoms with E-state index in [4.69, 9.17) is 5.73 Å². The molecule has 0 saturated heterocycles. The molecule has 0 bridgehead atoms. The van der Waals surface area contributed by atoms with Crippen LogP contribution in [0.1, 0.15) is 26.2 Å². The van der Waals surface area contributed by atoms with E-state index < -0.39 is 56.1 Å². The second kappa shape index (κ2) is 13.9. The highest BCUT2D eigenvalue weighted by Gasteiger charge is 2.29. The van der Waals surface area contributed by atoms with Crippen LogP contribution >= 0.6 is 0 Å². The maximum Gasteiger partial charge on any atom is 0.241 e. The molecule has 0 heterocycles. The smallest absolute Gasteiger partial charge is 0.241 e. The Balaban J connectivity index is 2.86. The first-order chi connectivity index (χ1) is 16.2. The Morgan fingerprint density at radius 2 is 1.77 bits per heavy atom. The largest absolute Gasteiger partial charge is 0.388 e. The number of aliphatic imine (C=N–C) groups is 1. The van der Waals surface area contributed by atoms with Gasteiger partial charge in [0, 0.05) is 19.8 Å². The van der Waals surface area contributed by atoms with Crippen molar-refractivity contribution in [2.45, 2.75) is 43.2 Å². The third-order valence-corrected chi connectivity index (χ3v) is 7.19. The van der Waals surface area contributed by atoms with Gasteiger partial charge in [0.05, 0.1) is 29.1 Å². The minimum absolute atomic E-state index is 0.0967. The molecule has 0 saturated carbocycles. The fraction of sp³-hybridized carbons (Fsp3) is 0.524. The van der Waals surface area contributed by atoms with E-state index in [0.717, 1.165) is 11.2 Å². The highest BCUT2D eigenvalue weighted by Crippen LogP contribution is 2.11. The Hall–Kier alpha value is -2.84. The molecular weight excluding hydrogens is 498 g/mol. The van der Waals surface area contributed by atoms with Gasteiger partial charge < -0.3 is 20.7 Å². The molecule has 0 fully saturated rings. The van der Waals surface area contributed by atoms with Crippen LogP contribution in [0.3, 0.4) is 0 Å². The van der Waals surface area contributed by atoms with E-state index in [1.54, 1.807) is 13.0 Å². The maximum absolute atomic E-state index is 13.0. The predicted octanol–water partition coefficient (Wildman–Crippen LogP) is -0.932. The average Bonchev–Trinajstić information content (AvgIpc) is 2.77.